The van der Waals surface area contributed by atoms with Crippen molar-refractivity contribution < 1.29 is 9.53 Å². The third-order valence-corrected chi connectivity index (χ3v) is 2.95. The van der Waals surface area contributed by atoms with Crippen LogP contribution in [-0.4, -0.2) is 39.7 Å². The molecule has 6 heteroatoms. The number of nitrogens with one attached hydrogen (secondary N) is 1. The van der Waals surface area contributed by atoms with Crippen LogP contribution < -0.4 is 5.69 Å². The van der Waals surface area contributed by atoms with E-state index in [1.54, 1.807) is 17.2 Å². The van der Waals surface area contributed by atoms with Crippen molar-refractivity contribution in [2.75, 3.05) is 13.1 Å². The predicted octanol–water partition coefficient (Wildman–Crippen LogP) is 1.49. The number of amides is 1. The largest absolute Gasteiger partial charge is 0.444 e. The molecule has 19 heavy (non-hydrogen) atoms. The normalized spacial score (nSPS) is 19.5. The lowest BCUT2D eigenvalue weighted by Crippen LogP contribution is -2.35. The lowest BCUT2D eigenvalue weighted by molar-refractivity contribution is 0.0292. The zero-order valence-corrected chi connectivity index (χ0v) is 11.5. The number of carbonyl (C=O) groups is 1. The molecule has 1 aliphatic heterocycles. The summed E-state index contributed by atoms with van der Waals surface area (Å²) in [4.78, 5) is 31.2. The minimum atomic E-state index is -0.489. The second-order valence-electron chi connectivity index (χ2n) is 5.73. The molecule has 1 aliphatic rings. The molecule has 1 aromatic heterocycles. The zero-order valence-electron chi connectivity index (χ0n) is 11.5. The number of likely N-dealkylation sites (tertiary alicyclic amines) is 1. The van der Waals surface area contributed by atoms with E-state index in [-0.39, 0.29) is 17.7 Å². The molecule has 1 saturated heterocycles. The summed E-state index contributed by atoms with van der Waals surface area (Å²) < 4.78 is 5.33. The third-order valence-electron chi connectivity index (χ3n) is 2.95. The van der Waals surface area contributed by atoms with Crippen molar-refractivity contribution in [3.8, 4) is 0 Å². The molecule has 6 nitrogen and oxygen atoms in total. The van der Waals surface area contributed by atoms with Gasteiger partial charge in [-0.1, -0.05) is 0 Å². The number of aromatic nitrogens is 2. The van der Waals surface area contributed by atoms with Crippen molar-refractivity contribution in [2.45, 2.75) is 38.7 Å². The van der Waals surface area contributed by atoms with Gasteiger partial charge in [0.15, 0.2) is 0 Å². The number of ether oxygens (including phenoxy) is 1. The summed E-state index contributed by atoms with van der Waals surface area (Å²) in [5.74, 6) is 0.106. The number of hydrogen-bond donors (Lipinski definition) is 1. The molecule has 0 aliphatic carbocycles. The zero-order chi connectivity index (χ0) is 14.0. The molecule has 1 fully saturated rings. The fraction of sp³-hybridized carbons (Fsp3) is 0.615. The average Bonchev–Trinajstić information content (AvgIpc) is 2.75. The van der Waals surface area contributed by atoms with Gasteiger partial charge in [-0.2, -0.15) is 4.98 Å². The number of nitrogens with zero attached hydrogens (tertiary/aromatic N) is 2. The van der Waals surface area contributed by atoms with Crippen LogP contribution in [0.4, 0.5) is 4.79 Å². The van der Waals surface area contributed by atoms with Crippen LogP contribution in [-0.2, 0) is 4.74 Å². The molecular formula is C13H19N3O3. The summed E-state index contributed by atoms with van der Waals surface area (Å²) in [5.41, 5.74) is -0.111. The highest BCUT2D eigenvalue weighted by Crippen LogP contribution is 2.26. The second-order valence-corrected chi connectivity index (χ2v) is 5.73. The van der Waals surface area contributed by atoms with Gasteiger partial charge in [0, 0.05) is 25.2 Å². The van der Waals surface area contributed by atoms with Gasteiger partial charge < -0.3 is 14.6 Å². The quantitative estimate of drug-likeness (QED) is 0.834. The monoisotopic (exact) mass is 265 g/mol. The molecule has 0 aromatic carbocycles. The van der Waals surface area contributed by atoms with Gasteiger partial charge in [-0.25, -0.2) is 9.59 Å². The SMILES string of the molecule is CC(C)(C)OC(=O)N1CCC(c2cc[nH]c(=O)n2)C1. The molecule has 0 saturated carbocycles. The van der Waals surface area contributed by atoms with Crippen LogP contribution in [0, 0.1) is 0 Å². The average molecular weight is 265 g/mol. The maximum atomic E-state index is 11.9. The van der Waals surface area contributed by atoms with Crippen molar-refractivity contribution in [1.29, 1.82) is 0 Å². The molecule has 104 valence electrons. The lowest BCUT2D eigenvalue weighted by Gasteiger charge is -2.24. The summed E-state index contributed by atoms with van der Waals surface area (Å²) in [7, 11) is 0. The van der Waals surface area contributed by atoms with Crippen molar-refractivity contribution in [2.24, 2.45) is 0 Å². The predicted molar refractivity (Wildman–Crippen MR) is 70.0 cm³/mol. The van der Waals surface area contributed by atoms with E-state index in [9.17, 15) is 9.59 Å². The fourth-order valence-corrected chi connectivity index (χ4v) is 2.11. The van der Waals surface area contributed by atoms with Crippen LogP contribution >= 0.6 is 0 Å². The van der Waals surface area contributed by atoms with Crippen LogP contribution in [0.1, 0.15) is 38.8 Å². The Balaban J connectivity index is 2.00. The first-order valence-electron chi connectivity index (χ1n) is 6.39. The van der Waals surface area contributed by atoms with E-state index < -0.39 is 5.60 Å². The summed E-state index contributed by atoms with van der Waals surface area (Å²) >= 11 is 0. The third kappa shape index (κ3) is 3.56. The maximum Gasteiger partial charge on any atom is 0.410 e. The van der Waals surface area contributed by atoms with Crippen LogP contribution in [0.25, 0.3) is 0 Å². The van der Waals surface area contributed by atoms with Crippen molar-refractivity contribution >= 4 is 6.09 Å². The van der Waals surface area contributed by atoms with Gasteiger partial charge in [-0.3, -0.25) is 0 Å². The standard InChI is InChI=1S/C13H19N3O3/c1-13(2,3)19-12(18)16-7-5-9(8-16)10-4-6-14-11(17)15-10/h4,6,9H,5,7-8H2,1-3H3,(H,14,15,17). The molecule has 0 bridgehead atoms. The van der Waals surface area contributed by atoms with Gasteiger partial charge in [0.2, 0.25) is 0 Å². The van der Waals surface area contributed by atoms with E-state index >= 15 is 0 Å². The number of aromatic amines is 1. The van der Waals surface area contributed by atoms with Gasteiger partial charge in [-0.15, -0.1) is 0 Å². The number of H-pyrrole nitrogens is 1. The number of carbonyl (C=O) groups excluding carboxylic acids is 1. The van der Waals surface area contributed by atoms with Gasteiger partial charge in [-0.05, 0) is 33.3 Å². The Kier molecular flexibility index (Phi) is 3.59. The van der Waals surface area contributed by atoms with Gasteiger partial charge in [0.25, 0.3) is 0 Å². The summed E-state index contributed by atoms with van der Waals surface area (Å²) in [6.45, 7) is 6.71. The molecule has 2 heterocycles. The summed E-state index contributed by atoms with van der Waals surface area (Å²) in [6.07, 6.45) is 2.08. The molecule has 2 rings (SSSR count). The van der Waals surface area contributed by atoms with E-state index in [1.165, 1.54) is 0 Å². The number of rotatable bonds is 1. The highest BCUT2D eigenvalue weighted by Gasteiger charge is 2.31. The Morgan fingerprint density at radius 2 is 2.26 bits per heavy atom. The number of hydrogen-bond acceptors (Lipinski definition) is 4. The maximum absolute atomic E-state index is 11.9. The minimum absolute atomic E-state index is 0.106. The Morgan fingerprint density at radius 3 is 2.89 bits per heavy atom. The first-order valence-corrected chi connectivity index (χ1v) is 6.39. The first-order chi connectivity index (χ1) is 8.85. The van der Waals surface area contributed by atoms with Crippen molar-refractivity contribution in [3.63, 3.8) is 0 Å². The smallest absolute Gasteiger partial charge is 0.410 e. The molecule has 1 atom stereocenters. The minimum Gasteiger partial charge on any atom is -0.444 e. The Bertz CT molecular complexity index is 518. The second kappa shape index (κ2) is 5.03. The van der Waals surface area contributed by atoms with Crippen LogP contribution in [0.15, 0.2) is 17.1 Å². The Morgan fingerprint density at radius 1 is 1.53 bits per heavy atom. The highest BCUT2D eigenvalue weighted by molar-refractivity contribution is 5.68. The molecule has 1 amide bonds. The lowest BCUT2D eigenvalue weighted by atomic mass is 10.1. The van der Waals surface area contributed by atoms with Crippen molar-refractivity contribution in [3.05, 3.63) is 28.4 Å². The Labute approximate surface area is 111 Å². The molecule has 1 unspecified atom stereocenters. The van der Waals surface area contributed by atoms with Gasteiger partial charge >= 0.3 is 11.8 Å². The Hall–Kier alpha value is -1.85. The van der Waals surface area contributed by atoms with Crippen LogP contribution in [0.5, 0.6) is 0 Å². The van der Waals surface area contributed by atoms with Crippen molar-refractivity contribution in [1.82, 2.24) is 14.9 Å². The van der Waals surface area contributed by atoms with Gasteiger partial charge in [0.1, 0.15) is 5.60 Å². The highest BCUT2D eigenvalue weighted by atomic mass is 16.6. The van der Waals surface area contributed by atoms with Gasteiger partial charge in [0.05, 0.1) is 5.69 Å². The molecule has 1 aromatic rings. The molecule has 0 spiro atoms. The molecule has 1 N–H and O–H groups in total. The first kappa shape index (κ1) is 13.6. The van der Waals surface area contributed by atoms with E-state index in [2.05, 4.69) is 9.97 Å². The van der Waals surface area contributed by atoms with Crippen LogP contribution in [0.2, 0.25) is 0 Å². The van der Waals surface area contributed by atoms with Crippen LogP contribution in [0.3, 0.4) is 0 Å². The summed E-state index contributed by atoms with van der Waals surface area (Å²) in [5, 5.41) is 0. The summed E-state index contributed by atoms with van der Waals surface area (Å²) in [6, 6.07) is 1.78. The molecule has 0 radical (unpaired) electrons. The van der Waals surface area contributed by atoms with E-state index in [0.717, 1.165) is 12.1 Å². The fourth-order valence-electron chi connectivity index (χ4n) is 2.11. The molecular weight excluding hydrogens is 246 g/mol. The topological polar surface area (TPSA) is 75.3 Å². The van der Waals surface area contributed by atoms with E-state index in [0.29, 0.717) is 13.1 Å². The van der Waals surface area contributed by atoms with E-state index in [1.807, 2.05) is 20.8 Å². The van der Waals surface area contributed by atoms with E-state index in [4.69, 9.17) is 4.74 Å².